The molecule has 1 unspecified atom stereocenters. The van der Waals surface area contributed by atoms with Gasteiger partial charge in [-0.2, -0.15) is 0 Å². The van der Waals surface area contributed by atoms with E-state index in [0.717, 1.165) is 5.56 Å². The van der Waals surface area contributed by atoms with Gasteiger partial charge in [-0.05, 0) is 68.9 Å². The molecule has 4 rings (SSSR count). The van der Waals surface area contributed by atoms with Crippen LogP contribution in [0.4, 0.5) is 15.9 Å². The van der Waals surface area contributed by atoms with Gasteiger partial charge in [-0.25, -0.2) is 14.5 Å². The molecular weight excluding hydrogens is 526 g/mol. The number of aromatic nitrogens is 2. The van der Waals surface area contributed by atoms with Crippen molar-refractivity contribution in [2.45, 2.75) is 12.5 Å². The average molecular weight is 549 g/mol. The van der Waals surface area contributed by atoms with E-state index in [-0.39, 0.29) is 23.5 Å². The third-order valence-electron chi connectivity index (χ3n) is 5.42. The molecule has 0 aliphatic carbocycles. The van der Waals surface area contributed by atoms with Crippen molar-refractivity contribution in [3.8, 4) is 0 Å². The molecule has 184 valence electrons. The third kappa shape index (κ3) is 6.16. The summed E-state index contributed by atoms with van der Waals surface area (Å²) in [5, 5.41) is 36.0. The van der Waals surface area contributed by atoms with Crippen LogP contribution in [-0.4, -0.2) is 59.8 Å². The molecule has 6 N–H and O–H groups in total. The lowest BCUT2D eigenvalue weighted by Gasteiger charge is -2.19. The van der Waals surface area contributed by atoms with Crippen molar-refractivity contribution < 1.29 is 28.7 Å². The summed E-state index contributed by atoms with van der Waals surface area (Å²) >= 11 is 3.14. The van der Waals surface area contributed by atoms with E-state index in [4.69, 9.17) is 9.28 Å². The molecule has 0 saturated carbocycles. The molecule has 0 fully saturated rings. The van der Waals surface area contributed by atoms with Gasteiger partial charge >= 0.3 is 7.12 Å². The number of rotatable bonds is 10. The summed E-state index contributed by atoms with van der Waals surface area (Å²) in [5.74, 6) is -0.376. The molecule has 0 bridgehead atoms. The SMILES string of the molecule is O=C(NCCNc1nonc1C(CNO)Nc1ccc(F)c(Br)c1)c1ccc2c(c1)B(O)OCC2. The number of nitrogens with zero attached hydrogens (tertiary/aromatic N) is 2. The second kappa shape index (κ2) is 11.6. The van der Waals surface area contributed by atoms with E-state index in [9.17, 15) is 19.4 Å². The van der Waals surface area contributed by atoms with Gasteiger partial charge in [-0.15, -0.1) is 0 Å². The highest BCUT2D eigenvalue weighted by Crippen LogP contribution is 2.26. The fourth-order valence-electron chi connectivity index (χ4n) is 3.66. The van der Waals surface area contributed by atoms with E-state index >= 15 is 0 Å². The first-order valence-electron chi connectivity index (χ1n) is 10.8. The van der Waals surface area contributed by atoms with Crippen LogP contribution in [0.2, 0.25) is 0 Å². The van der Waals surface area contributed by atoms with Crippen molar-refractivity contribution in [1.82, 2.24) is 21.1 Å². The van der Waals surface area contributed by atoms with E-state index in [1.165, 1.54) is 6.07 Å². The first-order valence-corrected chi connectivity index (χ1v) is 11.6. The van der Waals surface area contributed by atoms with E-state index in [0.29, 0.717) is 47.8 Å². The third-order valence-corrected chi connectivity index (χ3v) is 6.03. The first-order chi connectivity index (χ1) is 17.0. The number of halogens is 2. The lowest BCUT2D eigenvalue weighted by molar-refractivity contribution is 0.0955. The number of amides is 1. The van der Waals surface area contributed by atoms with Crippen LogP contribution in [0.15, 0.2) is 45.5 Å². The van der Waals surface area contributed by atoms with Gasteiger partial charge in [0, 0.05) is 37.5 Å². The maximum absolute atomic E-state index is 13.5. The Hall–Kier alpha value is -3.04. The molecule has 11 nitrogen and oxygen atoms in total. The first kappa shape index (κ1) is 25.1. The van der Waals surface area contributed by atoms with Gasteiger partial charge < -0.3 is 30.8 Å². The largest absolute Gasteiger partial charge is 0.491 e. The number of benzene rings is 2. The van der Waals surface area contributed by atoms with Crippen LogP contribution < -0.4 is 26.9 Å². The Kier molecular flexibility index (Phi) is 8.31. The maximum Gasteiger partial charge on any atom is 0.491 e. The highest BCUT2D eigenvalue weighted by molar-refractivity contribution is 9.10. The van der Waals surface area contributed by atoms with Crippen molar-refractivity contribution in [1.29, 1.82) is 0 Å². The minimum absolute atomic E-state index is 0.0581. The fourth-order valence-corrected chi connectivity index (χ4v) is 4.04. The molecule has 1 atom stereocenters. The number of hydroxylamine groups is 1. The van der Waals surface area contributed by atoms with Gasteiger partial charge in [-0.3, -0.25) is 4.79 Å². The number of anilines is 2. The van der Waals surface area contributed by atoms with E-state index in [1.807, 2.05) is 6.07 Å². The summed E-state index contributed by atoms with van der Waals surface area (Å²) in [5.41, 5.74) is 5.02. The standard InChI is InChI=1S/C21H23BBrFN6O5/c23-16-10-14(3-4-17(16)24)28-18(11-27-33)19-20(30-35-29-19)25-6-7-26-21(31)13-2-1-12-5-8-34-22(32)15(12)9-13/h1-4,9-10,18,27-28,32-33H,5-8,11H2,(H,25,30)(H,26,31). The topological polar surface area (TPSA) is 154 Å². The van der Waals surface area contributed by atoms with Crippen LogP contribution >= 0.6 is 15.9 Å². The molecule has 1 aliphatic heterocycles. The van der Waals surface area contributed by atoms with E-state index in [2.05, 4.69) is 47.7 Å². The molecule has 0 spiro atoms. The van der Waals surface area contributed by atoms with Gasteiger partial charge in [-0.1, -0.05) is 11.2 Å². The van der Waals surface area contributed by atoms with Crippen molar-refractivity contribution >= 4 is 45.9 Å². The second-order valence-electron chi connectivity index (χ2n) is 7.76. The van der Waals surface area contributed by atoms with Gasteiger partial charge in [0.2, 0.25) is 0 Å². The number of carbonyl (C=O) groups is 1. The molecule has 0 radical (unpaired) electrons. The van der Waals surface area contributed by atoms with Crippen LogP contribution in [0.5, 0.6) is 0 Å². The highest BCUT2D eigenvalue weighted by Gasteiger charge is 2.26. The summed E-state index contributed by atoms with van der Waals surface area (Å²) in [6, 6.07) is 9.01. The Balaban J connectivity index is 1.33. The summed E-state index contributed by atoms with van der Waals surface area (Å²) in [4.78, 5) is 12.5. The number of nitrogens with one attached hydrogen (secondary N) is 4. The summed E-state index contributed by atoms with van der Waals surface area (Å²) < 4.78 is 23.9. The predicted molar refractivity (Wildman–Crippen MR) is 129 cm³/mol. The summed E-state index contributed by atoms with van der Waals surface area (Å²) in [6.07, 6.45) is 0.687. The van der Waals surface area contributed by atoms with E-state index in [1.54, 1.807) is 24.3 Å². The smallest absolute Gasteiger partial charge is 0.423 e. The molecule has 2 heterocycles. The average Bonchev–Trinajstić information content (AvgIpc) is 3.32. The molecule has 0 saturated heterocycles. The van der Waals surface area contributed by atoms with Crippen molar-refractivity contribution in [3.05, 3.63) is 63.5 Å². The zero-order valence-electron chi connectivity index (χ0n) is 18.4. The predicted octanol–water partition coefficient (Wildman–Crippen LogP) is 1.21. The monoisotopic (exact) mass is 548 g/mol. The van der Waals surface area contributed by atoms with Crippen LogP contribution in [0.1, 0.15) is 27.7 Å². The number of hydrogen-bond acceptors (Lipinski definition) is 10. The minimum Gasteiger partial charge on any atom is -0.423 e. The number of carbonyl (C=O) groups excluding carboxylic acids is 1. The zero-order chi connectivity index (χ0) is 24.8. The Labute approximate surface area is 208 Å². The zero-order valence-corrected chi connectivity index (χ0v) is 20.0. The highest BCUT2D eigenvalue weighted by atomic mass is 79.9. The van der Waals surface area contributed by atoms with Crippen LogP contribution in [0, 0.1) is 5.82 Å². The Morgan fingerprint density at radius 3 is 2.89 bits per heavy atom. The molecule has 35 heavy (non-hydrogen) atoms. The van der Waals surface area contributed by atoms with Gasteiger partial charge in [0.15, 0.2) is 11.5 Å². The van der Waals surface area contributed by atoms with Crippen LogP contribution in [0.3, 0.4) is 0 Å². The van der Waals surface area contributed by atoms with Gasteiger partial charge in [0.1, 0.15) is 5.82 Å². The lowest BCUT2D eigenvalue weighted by Crippen LogP contribution is -2.42. The van der Waals surface area contributed by atoms with E-state index < -0.39 is 19.0 Å². The summed E-state index contributed by atoms with van der Waals surface area (Å²) in [6.45, 7) is 1.08. The maximum atomic E-state index is 13.5. The number of hydrogen-bond donors (Lipinski definition) is 6. The van der Waals surface area contributed by atoms with Gasteiger partial charge in [0.25, 0.3) is 5.91 Å². The normalized spacial score (nSPS) is 13.8. The Morgan fingerprint density at radius 1 is 1.23 bits per heavy atom. The van der Waals surface area contributed by atoms with Crippen LogP contribution in [0.25, 0.3) is 0 Å². The molecular formula is C21H23BBrFN6O5. The summed E-state index contributed by atoms with van der Waals surface area (Å²) in [7, 11) is -1.03. The Bertz CT molecular complexity index is 1180. The molecule has 2 aromatic carbocycles. The second-order valence-corrected chi connectivity index (χ2v) is 8.61. The molecule has 1 aliphatic rings. The van der Waals surface area contributed by atoms with Crippen LogP contribution in [-0.2, 0) is 11.1 Å². The number of fused-ring (bicyclic) bond motifs is 1. The van der Waals surface area contributed by atoms with Gasteiger partial charge in [0.05, 0.1) is 10.5 Å². The van der Waals surface area contributed by atoms with Crippen molar-refractivity contribution in [2.75, 3.05) is 36.9 Å². The molecule has 14 heteroatoms. The minimum atomic E-state index is -1.03. The lowest BCUT2D eigenvalue weighted by atomic mass is 9.73. The fraction of sp³-hybridized carbons (Fsp3) is 0.286. The molecule has 3 aromatic rings. The van der Waals surface area contributed by atoms with Crippen molar-refractivity contribution in [3.63, 3.8) is 0 Å². The quantitative estimate of drug-likeness (QED) is 0.124. The Morgan fingerprint density at radius 2 is 2.09 bits per heavy atom. The molecule has 1 amide bonds. The molecule has 1 aromatic heterocycles. The van der Waals surface area contributed by atoms with Crippen molar-refractivity contribution in [2.24, 2.45) is 0 Å².